The molecule has 3 saturated heterocycles. The first-order valence-electron chi connectivity index (χ1n) is 15.2. The lowest BCUT2D eigenvalue weighted by Crippen LogP contribution is -2.52. The number of halogens is 2. The first-order valence-corrected chi connectivity index (χ1v) is 15.2. The van der Waals surface area contributed by atoms with Crippen molar-refractivity contribution in [3.05, 3.63) is 24.0 Å². The minimum atomic E-state index is -2.91. The van der Waals surface area contributed by atoms with E-state index in [-0.39, 0.29) is 53.7 Å². The van der Waals surface area contributed by atoms with Gasteiger partial charge < -0.3 is 30.1 Å². The predicted octanol–water partition coefficient (Wildman–Crippen LogP) is 1.50. The summed E-state index contributed by atoms with van der Waals surface area (Å²) in [5.41, 5.74) is 4.99. The van der Waals surface area contributed by atoms with Crippen LogP contribution in [0.3, 0.4) is 0 Å². The van der Waals surface area contributed by atoms with Gasteiger partial charge in [0.15, 0.2) is 11.6 Å². The molecule has 0 saturated carbocycles. The van der Waals surface area contributed by atoms with Crippen molar-refractivity contribution >= 4 is 35.4 Å². The number of morpholine rings is 1. The Morgan fingerprint density at radius 1 is 0.911 bits per heavy atom. The average Bonchev–Trinajstić information content (AvgIpc) is 3.07. The molecular weight excluding hydrogens is 590 g/mol. The molecule has 0 aromatic carbocycles. The van der Waals surface area contributed by atoms with Crippen LogP contribution in [0.2, 0.25) is 0 Å². The van der Waals surface area contributed by atoms with Gasteiger partial charge in [-0.2, -0.15) is 15.0 Å². The maximum Gasteiger partial charge on any atom is 0.281 e. The molecule has 45 heavy (non-hydrogen) atoms. The third kappa shape index (κ3) is 7.85. The standard InChI is InChI=1S/C29H38F2N10O4/c1-2-3-20(42)4-5-22(43)38-8-6-19(7-9-38)26(44)39-10-12-40(13-11-39)28-35-25(21-18-33-27(32)34-23(21)24(30)31)36-29(37-28)41-14-16-45-17-15-41/h2-3,18-19,24H,4-17H2,1H3,(H2,32,33,34)/b3-2+. The topological polar surface area (TPSA) is 164 Å². The first-order chi connectivity index (χ1) is 21.7. The van der Waals surface area contributed by atoms with Crippen molar-refractivity contribution in [1.29, 1.82) is 0 Å². The Morgan fingerprint density at radius 3 is 2.18 bits per heavy atom. The van der Waals surface area contributed by atoms with Crippen LogP contribution in [0.15, 0.2) is 18.3 Å². The number of ketones is 1. The first kappa shape index (κ1) is 32.1. The molecule has 2 aromatic rings. The highest BCUT2D eigenvalue weighted by Gasteiger charge is 2.33. The van der Waals surface area contributed by atoms with E-state index in [0.29, 0.717) is 90.3 Å². The quantitative estimate of drug-likeness (QED) is 0.399. The number of hydrogen-bond donors (Lipinski definition) is 1. The molecule has 2 amide bonds. The molecule has 16 heteroatoms. The van der Waals surface area contributed by atoms with Crippen LogP contribution in [0.25, 0.3) is 11.4 Å². The zero-order chi connectivity index (χ0) is 31.9. The van der Waals surface area contributed by atoms with Crippen molar-refractivity contribution in [2.75, 3.05) is 81.1 Å². The zero-order valence-electron chi connectivity index (χ0n) is 25.3. The fraction of sp³-hybridized carbons (Fsp3) is 0.586. The van der Waals surface area contributed by atoms with Gasteiger partial charge in [-0.1, -0.05) is 6.08 Å². The fourth-order valence-electron chi connectivity index (χ4n) is 5.69. The number of carbonyl (C=O) groups excluding carboxylic acids is 3. The number of likely N-dealkylation sites (tertiary alicyclic amines) is 1. The van der Waals surface area contributed by atoms with Crippen LogP contribution in [0, 0.1) is 5.92 Å². The lowest BCUT2D eigenvalue weighted by atomic mass is 9.94. The van der Waals surface area contributed by atoms with E-state index in [4.69, 9.17) is 10.5 Å². The second-order valence-corrected chi connectivity index (χ2v) is 11.1. The van der Waals surface area contributed by atoms with Crippen LogP contribution in [0.1, 0.15) is 44.7 Å². The third-order valence-electron chi connectivity index (χ3n) is 8.20. The van der Waals surface area contributed by atoms with Crippen LogP contribution in [-0.4, -0.2) is 118 Å². The summed E-state index contributed by atoms with van der Waals surface area (Å²) in [6.45, 7) is 6.51. The molecule has 0 unspecified atom stereocenters. The maximum atomic E-state index is 13.9. The Morgan fingerprint density at radius 2 is 1.56 bits per heavy atom. The molecule has 0 atom stereocenters. The van der Waals surface area contributed by atoms with E-state index in [9.17, 15) is 23.2 Å². The summed E-state index contributed by atoms with van der Waals surface area (Å²) in [7, 11) is 0. The molecule has 2 aromatic heterocycles. The SMILES string of the molecule is C/C=C/C(=O)CCC(=O)N1CCC(C(=O)N2CCN(c3nc(-c4cnc(N)nc4C(F)F)nc(N4CCOCC4)n3)CC2)CC1. The molecule has 0 aliphatic carbocycles. The fourth-order valence-corrected chi connectivity index (χ4v) is 5.69. The number of amides is 2. The molecule has 3 aliphatic heterocycles. The molecule has 5 rings (SSSR count). The van der Waals surface area contributed by atoms with E-state index >= 15 is 0 Å². The largest absolute Gasteiger partial charge is 0.378 e. The van der Waals surface area contributed by atoms with Gasteiger partial charge in [-0.3, -0.25) is 14.4 Å². The van der Waals surface area contributed by atoms with E-state index in [0.717, 1.165) is 0 Å². The van der Waals surface area contributed by atoms with Crippen molar-refractivity contribution in [2.24, 2.45) is 5.92 Å². The van der Waals surface area contributed by atoms with E-state index in [1.54, 1.807) is 17.9 Å². The minimum Gasteiger partial charge on any atom is -0.378 e. The van der Waals surface area contributed by atoms with E-state index in [1.807, 2.05) is 14.7 Å². The highest BCUT2D eigenvalue weighted by atomic mass is 19.3. The van der Waals surface area contributed by atoms with Crippen LogP contribution < -0.4 is 15.5 Å². The van der Waals surface area contributed by atoms with E-state index in [1.165, 1.54) is 12.3 Å². The lowest BCUT2D eigenvalue weighted by Gasteiger charge is -2.38. The number of piperazine rings is 1. The highest BCUT2D eigenvalue weighted by Crippen LogP contribution is 2.30. The molecule has 3 fully saturated rings. The number of hydrogen-bond acceptors (Lipinski definition) is 12. The van der Waals surface area contributed by atoms with Crippen molar-refractivity contribution in [2.45, 2.75) is 39.0 Å². The average molecular weight is 629 g/mol. The van der Waals surface area contributed by atoms with Gasteiger partial charge in [0.2, 0.25) is 29.7 Å². The Hall–Kier alpha value is -4.34. The van der Waals surface area contributed by atoms with Gasteiger partial charge in [-0.15, -0.1) is 0 Å². The maximum absolute atomic E-state index is 13.9. The summed E-state index contributed by atoms with van der Waals surface area (Å²) in [5, 5.41) is 0. The number of nitrogens with zero attached hydrogens (tertiary/aromatic N) is 9. The monoisotopic (exact) mass is 628 g/mol. The number of nitrogens with two attached hydrogens (primary N) is 1. The van der Waals surface area contributed by atoms with Gasteiger partial charge in [0, 0.05) is 77.3 Å². The van der Waals surface area contributed by atoms with Gasteiger partial charge in [-0.25, -0.2) is 18.7 Å². The Balaban J connectivity index is 1.23. The number of anilines is 3. The predicted molar refractivity (Wildman–Crippen MR) is 160 cm³/mol. The number of carbonyl (C=O) groups is 3. The number of ether oxygens (including phenoxy) is 1. The van der Waals surface area contributed by atoms with Gasteiger partial charge >= 0.3 is 0 Å². The van der Waals surface area contributed by atoms with E-state index < -0.39 is 12.1 Å². The molecule has 5 heterocycles. The molecular formula is C29H38F2N10O4. The van der Waals surface area contributed by atoms with Gasteiger partial charge in [-0.05, 0) is 25.8 Å². The molecule has 14 nitrogen and oxygen atoms in total. The number of piperidine rings is 1. The third-order valence-corrected chi connectivity index (χ3v) is 8.20. The number of alkyl halides is 2. The molecule has 0 radical (unpaired) electrons. The van der Waals surface area contributed by atoms with E-state index in [2.05, 4.69) is 24.9 Å². The van der Waals surface area contributed by atoms with Crippen LogP contribution >= 0.6 is 0 Å². The molecule has 0 bridgehead atoms. The van der Waals surface area contributed by atoms with Gasteiger partial charge in [0.05, 0.1) is 18.8 Å². The van der Waals surface area contributed by atoms with Crippen LogP contribution in [-0.2, 0) is 19.1 Å². The summed E-state index contributed by atoms with van der Waals surface area (Å²) < 4.78 is 33.2. The Kier molecular flexibility index (Phi) is 10.4. The highest BCUT2D eigenvalue weighted by molar-refractivity contribution is 5.92. The molecule has 242 valence electrons. The van der Waals surface area contributed by atoms with Crippen molar-refractivity contribution in [3.8, 4) is 11.4 Å². The minimum absolute atomic E-state index is 0.0165. The van der Waals surface area contributed by atoms with Crippen molar-refractivity contribution < 1.29 is 27.9 Å². The van der Waals surface area contributed by atoms with Gasteiger partial charge in [0.1, 0.15) is 5.69 Å². The zero-order valence-corrected chi connectivity index (χ0v) is 25.3. The number of nitrogen functional groups attached to an aromatic ring is 1. The second-order valence-electron chi connectivity index (χ2n) is 11.1. The summed E-state index contributed by atoms with van der Waals surface area (Å²) in [4.78, 5) is 66.4. The van der Waals surface area contributed by atoms with Crippen LogP contribution in [0.4, 0.5) is 26.6 Å². The Labute approximate surface area is 259 Å². The molecule has 2 N–H and O–H groups in total. The van der Waals surface area contributed by atoms with Gasteiger partial charge in [0.25, 0.3) is 6.43 Å². The lowest BCUT2D eigenvalue weighted by molar-refractivity contribution is -0.141. The number of rotatable bonds is 9. The summed E-state index contributed by atoms with van der Waals surface area (Å²) >= 11 is 0. The summed E-state index contributed by atoms with van der Waals surface area (Å²) in [5.74, 6) is 0.127. The smallest absolute Gasteiger partial charge is 0.281 e. The summed E-state index contributed by atoms with van der Waals surface area (Å²) in [6, 6.07) is 0. The van der Waals surface area contributed by atoms with Crippen molar-refractivity contribution in [3.63, 3.8) is 0 Å². The molecule has 0 spiro atoms. The number of allylic oxidation sites excluding steroid dienone is 2. The normalized spacial score (nSPS) is 18.2. The Bertz CT molecular complexity index is 1410. The number of aromatic nitrogens is 5. The van der Waals surface area contributed by atoms with Crippen LogP contribution in [0.5, 0.6) is 0 Å². The van der Waals surface area contributed by atoms with Crippen molar-refractivity contribution in [1.82, 2.24) is 34.7 Å². The molecule has 3 aliphatic rings. The summed E-state index contributed by atoms with van der Waals surface area (Å²) in [6.07, 6.45) is 2.92. The second kappa shape index (κ2) is 14.6.